The predicted octanol–water partition coefficient (Wildman–Crippen LogP) is 15.4. The molecule has 0 aromatic heterocycles. The Morgan fingerprint density at radius 3 is 1.21 bits per heavy atom. The van der Waals surface area contributed by atoms with E-state index in [1.807, 2.05) is 0 Å². The highest BCUT2D eigenvalue weighted by Gasteiger charge is 2.27. The number of esters is 1. The van der Waals surface area contributed by atoms with E-state index in [1.165, 1.54) is 186 Å². The third-order valence-corrected chi connectivity index (χ3v) is 12.7. The first-order chi connectivity index (χ1) is 30.7. The number of allylic oxidation sites excluding steroid dienone is 4. The largest absolute Gasteiger partial charge is 0.480 e. The summed E-state index contributed by atoms with van der Waals surface area (Å²) in [6.45, 7) is 3.92. The number of carbonyl (C=O) groups is 2. The van der Waals surface area contributed by atoms with Crippen LogP contribution >= 0.6 is 7.82 Å². The molecule has 3 atom stereocenters. The van der Waals surface area contributed by atoms with Crippen LogP contribution in [0.2, 0.25) is 0 Å². The topological polar surface area (TPSA) is 155 Å². The van der Waals surface area contributed by atoms with Crippen LogP contribution in [-0.4, -0.2) is 60.5 Å². The van der Waals surface area contributed by atoms with E-state index in [0.29, 0.717) is 13.0 Å². The lowest BCUT2D eigenvalue weighted by Crippen LogP contribution is -2.34. The van der Waals surface area contributed by atoms with Crippen molar-refractivity contribution in [3.63, 3.8) is 0 Å². The number of ether oxygens (including phenoxy) is 2. The first-order valence-electron chi connectivity index (χ1n) is 26.4. The molecule has 11 heteroatoms. The summed E-state index contributed by atoms with van der Waals surface area (Å²) in [6, 6.07) is -1.47. The Labute approximate surface area is 387 Å². The Hall–Kier alpha value is -1.55. The van der Waals surface area contributed by atoms with E-state index in [2.05, 4.69) is 38.2 Å². The fraction of sp³-hybridized carbons (Fsp3) is 0.885. The molecule has 0 aromatic rings. The summed E-state index contributed by atoms with van der Waals surface area (Å²) in [5, 5.41) is 8.93. The van der Waals surface area contributed by atoms with Crippen molar-refractivity contribution in [3.8, 4) is 0 Å². The zero-order chi connectivity index (χ0) is 46.2. The van der Waals surface area contributed by atoms with Gasteiger partial charge in [0.2, 0.25) is 0 Å². The second-order valence-electron chi connectivity index (χ2n) is 18.0. The summed E-state index contributed by atoms with van der Waals surface area (Å²) in [5.41, 5.74) is 5.38. The van der Waals surface area contributed by atoms with Gasteiger partial charge in [0, 0.05) is 13.0 Å². The van der Waals surface area contributed by atoms with Gasteiger partial charge in [-0.05, 0) is 64.2 Å². The molecule has 0 saturated carbocycles. The minimum Gasteiger partial charge on any atom is -0.480 e. The standard InChI is InChI=1S/C52H100NO9P/c1-3-5-7-9-11-13-15-17-19-21-22-23-24-25-26-27-29-31-33-35-37-39-41-43-45-59-46-49(47-60-63(57,58)61-48-50(53)52(55)56)62-51(54)44-42-40-38-36-34-32-30-28-20-18-16-14-12-10-8-6-4-2/h18,20-22,49-50H,3-17,19,23-48,53H2,1-2H3,(H,55,56)(H,57,58)/b20-18-,22-21-. The van der Waals surface area contributed by atoms with Crippen LogP contribution in [0.25, 0.3) is 0 Å². The quantitative estimate of drug-likeness (QED) is 0.0232. The van der Waals surface area contributed by atoms with Gasteiger partial charge in [-0.25, -0.2) is 4.57 Å². The number of unbranched alkanes of at least 4 members (excludes halogenated alkanes) is 33. The van der Waals surface area contributed by atoms with Gasteiger partial charge >= 0.3 is 19.8 Å². The van der Waals surface area contributed by atoms with Crippen LogP contribution in [0.3, 0.4) is 0 Å². The van der Waals surface area contributed by atoms with E-state index >= 15 is 0 Å². The van der Waals surface area contributed by atoms with Crippen LogP contribution in [0, 0.1) is 0 Å². The number of hydrogen-bond acceptors (Lipinski definition) is 8. The lowest BCUT2D eigenvalue weighted by Gasteiger charge is -2.20. The first-order valence-corrected chi connectivity index (χ1v) is 27.9. The van der Waals surface area contributed by atoms with Gasteiger partial charge in [0.25, 0.3) is 0 Å². The maximum Gasteiger partial charge on any atom is 0.472 e. The van der Waals surface area contributed by atoms with Gasteiger partial charge in [-0.15, -0.1) is 0 Å². The van der Waals surface area contributed by atoms with Crippen LogP contribution < -0.4 is 5.73 Å². The number of phosphoric acid groups is 1. The van der Waals surface area contributed by atoms with Crippen LogP contribution in [0.15, 0.2) is 24.3 Å². The molecular formula is C52H100NO9P. The van der Waals surface area contributed by atoms with Crippen molar-refractivity contribution in [3.05, 3.63) is 24.3 Å². The summed E-state index contributed by atoms with van der Waals surface area (Å²) in [6.07, 6.45) is 55.2. The van der Waals surface area contributed by atoms with Crippen molar-refractivity contribution in [2.45, 2.75) is 270 Å². The maximum absolute atomic E-state index is 12.7. The van der Waals surface area contributed by atoms with Crippen LogP contribution in [0.1, 0.15) is 258 Å². The van der Waals surface area contributed by atoms with Gasteiger partial charge in [-0.3, -0.25) is 18.6 Å². The summed E-state index contributed by atoms with van der Waals surface area (Å²) in [7, 11) is -4.62. The smallest absolute Gasteiger partial charge is 0.472 e. The van der Waals surface area contributed by atoms with Crippen molar-refractivity contribution < 1.29 is 42.7 Å². The van der Waals surface area contributed by atoms with E-state index in [9.17, 15) is 19.0 Å². The molecule has 0 radical (unpaired) electrons. The lowest BCUT2D eigenvalue weighted by molar-refractivity contribution is -0.154. The molecule has 0 rings (SSSR count). The summed E-state index contributed by atoms with van der Waals surface area (Å²) in [5.74, 6) is -1.77. The summed E-state index contributed by atoms with van der Waals surface area (Å²) in [4.78, 5) is 33.7. The van der Waals surface area contributed by atoms with Crippen LogP contribution in [-0.2, 0) is 32.7 Å². The normalized spacial score (nSPS) is 13.8. The van der Waals surface area contributed by atoms with Gasteiger partial charge in [0.05, 0.1) is 19.8 Å². The zero-order valence-corrected chi connectivity index (χ0v) is 41.8. The average Bonchev–Trinajstić information content (AvgIpc) is 3.26. The van der Waals surface area contributed by atoms with E-state index < -0.39 is 45.1 Å². The Morgan fingerprint density at radius 2 is 0.825 bits per heavy atom. The highest BCUT2D eigenvalue weighted by atomic mass is 31.2. The lowest BCUT2D eigenvalue weighted by atomic mass is 10.0. The minimum atomic E-state index is -4.62. The molecular weight excluding hydrogens is 814 g/mol. The SMILES string of the molecule is CCCCCCCC/C=C\CCCCCCCCCC(=O)OC(COCCCCCCCCCCCCCC/C=C\CCCCCCCCCC)COP(=O)(O)OCC(N)C(=O)O. The van der Waals surface area contributed by atoms with Crippen molar-refractivity contribution in [2.75, 3.05) is 26.4 Å². The summed E-state index contributed by atoms with van der Waals surface area (Å²) >= 11 is 0. The molecule has 0 fully saturated rings. The van der Waals surface area contributed by atoms with Crippen molar-refractivity contribution in [1.29, 1.82) is 0 Å². The highest BCUT2D eigenvalue weighted by Crippen LogP contribution is 2.43. The molecule has 3 unspecified atom stereocenters. The highest BCUT2D eigenvalue weighted by molar-refractivity contribution is 7.47. The van der Waals surface area contributed by atoms with E-state index in [4.69, 9.17) is 29.4 Å². The van der Waals surface area contributed by atoms with Crippen molar-refractivity contribution >= 4 is 19.8 Å². The molecule has 372 valence electrons. The Morgan fingerprint density at radius 1 is 0.492 bits per heavy atom. The van der Waals surface area contributed by atoms with Crippen molar-refractivity contribution in [2.24, 2.45) is 5.73 Å². The molecule has 0 amide bonds. The molecule has 0 aliphatic heterocycles. The molecule has 0 aliphatic rings. The first kappa shape index (κ1) is 61.5. The van der Waals surface area contributed by atoms with Gasteiger partial charge in [0.1, 0.15) is 12.1 Å². The molecule has 0 bridgehead atoms. The molecule has 0 aliphatic carbocycles. The number of carboxylic acid groups (broad SMARTS) is 1. The summed E-state index contributed by atoms with van der Waals surface area (Å²) < 4.78 is 33.5. The zero-order valence-electron chi connectivity index (χ0n) is 40.9. The number of carbonyl (C=O) groups excluding carboxylic acids is 1. The van der Waals surface area contributed by atoms with Gasteiger partial charge in [0.15, 0.2) is 0 Å². The van der Waals surface area contributed by atoms with Gasteiger partial charge in [-0.2, -0.15) is 0 Å². The van der Waals surface area contributed by atoms with Gasteiger partial charge < -0.3 is 25.2 Å². The maximum atomic E-state index is 12.7. The molecule has 10 nitrogen and oxygen atoms in total. The number of phosphoric ester groups is 1. The molecule has 0 saturated heterocycles. The Balaban J connectivity index is 4.08. The number of hydrogen-bond donors (Lipinski definition) is 3. The van der Waals surface area contributed by atoms with Gasteiger partial charge in [-0.1, -0.05) is 212 Å². The fourth-order valence-electron chi connectivity index (χ4n) is 7.60. The molecule has 0 spiro atoms. The van der Waals surface area contributed by atoms with E-state index in [-0.39, 0.29) is 13.0 Å². The van der Waals surface area contributed by atoms with E-state index in [1.54, 1.807) is 0 Å². The fourth-order valence-corrected chi connectivity index (χ4v) is 8.37. The van der Waals surface area contributed by atoms with E-state index in [0.717, 1.165) is 44.9 Å². The van der Waals surface area contributed by atoms with Crippen molar-refractivity contribution in [1.82, 2.24) is 0 Å². The third kappa shape index (κ3) is 48.2. The van der Waals surface area contributed by atoms with Crippen LogP contribution in [0.5, 0.6) is 0 Å². The molecule has 0 aromatic carbocycles. The van der Waals surface area contributed by atoms with Crippen LogP contribution in [0.4, 0.5) is 0 Å². The average molecular weight is 914 g/mol. The Kier molecular flexibility index (Phi) is 47.2. The number of carboxylic acids is 1. The molecule has 4 N–H and O–H groups in total. The predicted molar refractivity (Wildman–Crippen MR) is 263 cm³/mol. The second-order valence-corrected chi connectivity index (χ2v) is 19.5. The molecule has 0 heterocycles. The number of nitrogens with two attached hydrogens (primary N) is 1. The Bertz CT molecular complexity index is 1100. The monoisotopic (exact) mass is 914 g/mol. The number of rotatable bonds is 51. The third-order valence-electron chi connectivity index (χ3n) is 11.7. The second kappa shape index (κ2) is 48.4. The minimum absolute atomic E-state index is 0.0185. The number of aliphatic carboxylic acids is 1. The molecule has 63 heavy (non-hydrogen) atoms.